The van der Waals surface area contributed by atoms with Crippen LogP contribution < -0.4 is 15.6 Å². The number of nitrogens with one attached hydrogen (secondary N) is 1. The van der Waals surface area contributed by atoms with Gasteiger partial charge in [-0.05, 0) is 43.3 Å². The quantitative estimate of drug-likeness (QED) is 0.654. The molecule has 0 saturated carbocycles. The van der Waals surface area contributed by atoms with Crippen molar-refractivity contribution in [3.63, 3.8) is 0 Å². The molecule has 0 radical (unpaired) electrons. The third kappa shape index (κ3) is 4.45. The Bertz CT molecular complexity index is 1180. The number of anilines is 2. The maximum atomic E-state index is 13.3. The summed E-state index contributed by atoms with van der Waals surface area (Å²) in [5, 5.41) is 3.65. The Morgan fingerprint density at radius 3 is 2.47 bits per heavy atom. The minimum Gasteiger partial charge on any atom is -0.440 e. The van der Waals surface area contributed by atoms with E-state index in [-0.39, 0.29) is 23.2 Å². The van der Waals surface area contributed by atoms with Crippen LogP contribution in [0, 0.1) is 5.82 Å². The van der Waals surface area contributed by atoms with Gasteiger partial charge in [0.25, 0.3) is 5.91 Å². The number of carbonyl (C=O) groups excluding carboxylic acids is 1. The van der Waals surface area contributed by atoms with Crippen molar-refractivity contribution in [2.75, 3.05) is 50.6 Å². The third-order valence-corrected chi connectivity index (χ3v) is 5.51. The van der Waals surface area contributed by atoms with E-state index in [9.17, 15) is 14.0 Å². The third-order valence-electron chi connectivity index (χ3n) is 5.51. The normalized spacial score (nSPS) is 14.9. The maximum absolute atomic E-state index is 13.3. The Morgan fingerprint density at radius 1 is 1.12 bits per heavy atom. The highest BCUT2D eigenvalue weighted by atomic mass is 19.1. The van der Waals surface area contributed by atoms with Crippen molar-refractivity contribution in [2.24, 2.45) is 0 Å². The number of fused-ring (bicyclic) bond motifs is 1. The van der Waals surface area contributed by atoms with Gasteiger partial charge in [-0.25, -0.2) is 4.39 Å². The van der Waals surface area contributed by atoms with Gasteiger partial charge >= 0.3 is 0 Å². The Kier molecular flexibility index (Phi) is 6.14. The fourth-order valence-corrected chi connectivity index (χ4v) is 3.79. The average molecular weight is 439 g/mol. The van der Waals surface area contributed by atoms with Gasteiger partial charge in [0.2, 0.25) is 0 Å². The lowest BCUT2D eigenvalue weighted by atomic mass is 10.00. The molecule has 1 fully saturated rings. The molecule has 8 heteroatoms. The summed E-state index contributed by atoms with van der Waals surface area (Å²) in [7, 11) is 3.33. The zero-order chi connectivity index (χ0) is 22.8. The minimum atomic E-state index is -0.326. The summed E-state index contributed by atoms with van der Waals surface area (Å²) < 4.78 is 24.9. The molecular formula is C24H26FN3O4. The molecule has 2 heterocycles. The number of amides is 1. The second-order valence-corrected chi connectivity index (χ2v) is 8.06. The highest BCUT2D eigenvalue weighted by molar-refractivity contribution is 5.98. The maximum Gasteiger partial charge on any atom is 0.253 e. The lowest BCUT2D eigenvalue weighted by Gasteiger charge is -2.27. The van der Waals surface area contributed by atoms with Crippen LogP contribution in [0.2, 0.25) is 0 Å². The number of rotatable bonds is 5. The molecule has 4 rings (SSSR count). The first-order valence-electron chi connectivity index (χ1n) is 10.5. The first-order valence-corrected chi connectivity index (χ1v) is 10.5. The van der Waals surface area contributed by atoms with E-state index in [0.717, 1.165) is 0 Å². The number of nitrogens with zero attached hydrogens (tertiary/aromatic N) is 2. The monoisotopic (exact) mass is 439 g/mol. The molecule has 1 aliphatic rings. The fourth-order valence-electron chi connectivity index (χ4n) is 3.79. The van der Waals surface area contributed by atoms with Gasteiger partial charge in [-0.3, -0.25) is 9.59 Å². The van der Waals surface area contributed by atoms with Gasteiger partial charge in [0.1, 0.15) is 11.4 Å². The largest absolute Gasteiger partial charge is 0.440 e. The molecule has 1 aliphatic heterocycles. The van der Waals surface area contributed by atoms with E-state index in [0.29, 0.717) is 60.0 Å². The summed E-state index contributed by atoms with van der Waals surface area (Å²) in [5.41, 5.74) is 2.00. The van der Waals surface area contributed by atoms with E-state index in [2.05, 4.69) is 5.32 Å². The van der Waals surface area contributed by atoms with Crippen molar-refractivity contribution < 1.29 is 18.3 Å². The second kappa shape index (κ2) is 9.00. The van der Waals surface area contributed by atoms with E-state index < -0.39 is 0 Å². The number of carbonyl (C=O) groups is 1. The van der Waals surface area contributed by atoms with Crippen molar-refractivity contribution in [1.29, 1.82) is 0 Å². The van der Waals surface area contributed by atoms with Gasteiger partial charge in [-0.2, -0.15) is 0 Å². The van der Waals surface area contributed by atoms with Gasteiger partial charge in [-0.1, -0.05) is 0 Å². The first kappa shape index (κ1) is 21.8. The highest BCUT2D eigenvalue weighted by Gasteiger charge is 2.22. The molecule has 1 saturated heterocycles. The molecular weight excluding hydrogens is 413 g/mol. The van der Waals surface area contributed by atoms with Gasteiger partial charge in [0, 0.05) is 50.1 Å². The summed E-state index contributed by atoms with van der Waals surface area (Å²) >= 11 is 0. The first-order chi connectivity index (χ1) is 15.3. The van der Waals surface area contributed by atoms with Crippen molar-refractivity contribution >= 4 is 28.4 Å². The summed E-state index contributed by atoms with van der Waals surface area (Å²) in [6.45, 7) is 4.29. The standard InChI is InChI=1S/C24H26FN3O4/c1-15(26-18-6-4-17(25)5-7-18)19-12-16(24(30)27(2)3)13-20-21(29)14-22(32-23(19)20)28-8-10-31-11-9-28/h4-7,12-15,26H,8-11H2,1-3H3/t15-/m0/s1. The number of hydrogen-bond donors (Lipinski definition) is 1. The fraction of sp³-hybridized carbons (Fsp3) is 0.333. The van der Waals surface area contributed by atoms with Crippen LogP contribution in [0.25, 0.3) is 11.0 Å². The Hall–Kier alpha value is -3.39. The molecule has 0 bridgehead atoms. The number of hydrogen-bond acceptors (Lipinski definition) is 6. The molecule has 32 heavy (non-hydrogen) atoms. The number of benzene rings is 2. The number of ether oxygens (including phenoxy) is 1. The van der Waals surface area contributed by atoms with E-state index in [1.54, 1.807) is 38.4 Å². The van der Waals surface area contributed by atoms with Crippen LogP contribution in [-0.2, 0) is 4.74 Å². The summed E-state index contributed by atoms with van der Waals surface area (Å²) in [6, 6.07) is 10.5. The molecule has 2 aromatic carbocycles. The molecule has 0 aliphatic carbocycles. The van der Waals surface area contributed by atoms with Gasteiger partial charge in [0.15, 0.2) is 11.3 Å². The highest BCUT2D eigenvalue weighted by Crippen LogP contribution is 2.30. The summed E-state index contributed by atoms with van der Waals surface area (Å²) in [5.74, 6) is -0.0557. The van der Waals surface area contributed by atoms with Crippen LogP contribution in [0.15, 0.2) is 51.7 Å². The zero-order valence-electron chi connectivity index (χ0n) is 18.4. The predicted molar refractivity (Wildman–Crippen MR) is 122 cm³/mol. The topological polar surface area (TPSA) is 75.0 Å². The molecule has 168 valence electrons. The predicted octanol–water partition coefficient (Wildman–Crippen LogP) is 3.64. The summed E-state index contributed by atoms with van der Waals surface area (Å²) in [6.07, 6.45) is 0. The van der Waals surface area contributed by atoms with Crippen LogP contribution in [0.4, 0.5) is 16.0 Å². The summed E-state index contributed by atoms with van der Waals surface area (Å²) in [4.78, 5) is 29.2. The smallest absolute Gasteiger partial charge is 0.253 e. The SMILES string of the molecule is C[C@H](Nc1ccc(F)cc1)c1cc(C(=O)N(C)C)cc2c(=O)cc(N3CCOCC3)oc12. The molecule has 3 aromatic rings. The van der Waals surface area contributed by atoms with Crippen molar-refractivity contribution in [3.05, 3.63) is 69.6 Å². The molecule has 0 unspecified atom stereocenters. The Labute approximate surface area is 185 Å². The lowest BCUT2D eigenvalue weighted by Crippen LogP contribution is -2.36. The van der Waals surface area contributed by atoms with Gasteiger partial charge < -0.3 is 24.3 Å². The van der Waals surface area contributed by atoms with E-state index in [1.807, 2.05) is 11.8 Å². The Morgan fingerprint density at radius 2 is 1.81 bits per heavy atom. The van der Waals surface area contributed by atoms with Crippen LogP contribution >= 0.6 is 0 Å². The number of halogens is 1. The van der Waals surface area contributed by atoms with Crippen LogP contribution in [-0.4, -0.2) is 51.2 Å². The van der Waals surface area contributed by atoms with E-state index in [1.165, 1.54) is 23.1 Å². The molecule has 1 aromatic heterocycles. The van der Waals surface area contributed by atoms with Crippen molar-refractivity contribution in [2.45, 2.75) is 13.0 Å². The van der Waals surface area contributed by atoms with Crippen molar-refractivity contribution in [3.8, 4) is 0 Å². The molecule has 0 spiro atoms. The minimum absolute atomic E-state index is 0.209. The van der Waals surface area contributed by atoms with Crippen LogP contribution in [0.5, 0.6) is 0 Å². The molecule has 1 amide bonds. The zero-order valence-corrected chi connectivity index (χ0v) is 18.4. The van der Waals surface area contributed by atoms with Crippen molar-refractivity contribution in [1.82, 2.24) is 4.90 Å². The van der Waals surface area contributed by atoms with Gasteiger partial charge in [0.05, 0.1) is 24.6 Å². The second-order valence-electron chi connectivity index (χ2n) is 8.06. The lowest BCUT2D eigenvalue weighted by molar-refractivity contribution is 0.0827. The molecule has 1 atom stereocenters. The van der Waals surface area contributed by atoms with E-state index in [4.69, 9.17) is 9.15 Å². The molecule has 7 nitrogen and oxygen atoms in total. The van der Waals surface area contributed by atoms with Crippen LogP contribution in [0.3, 0.4) is 0 Å². The number of morpholine rings is 1. The van der Waals surface area contributed by atoms with Gasteiger partial charge in [-0.15, -0.1) is 0 Å². The average Bonchev–Trinajstić information content (AvgIpc) is 2.80. The molecule has 1 N–H and O–H groups in total. The van der Waals surface area contributed by atoms with E-state index >= 15 is 0 Å². The van der Waals surface area contributed by atoms with Crippen LogP contribution in [0.1, 0.15) is 28.9 Å². The Balaban J connectivity index is 1.83.